The van der Waals surface area contributed by atoms with E-state index in [1.165, 1.54) is 12.1 Å². The monoisotopic (exact) mass is 329 g/mol. The Labute approximate surface area is 140 Å². The van der Waals surface area contributed by atoms with Crippen molar-refractivity contribution in [1.82, 2.24) is 5.32 Å². The molecule has 24 heavy (non-hydrogen) atoms. The van der Waals surface area contributed by atoms with Crippen LogP contribution in [0, 0.1) is 19.7 Å². The van der Waals surface area contributed by atoms with E-state index in [1.54, 1.807) is 31.2 Å². The van der Waals surface area contributed by atoms with Gasteiger partial charge in [0.15, 0.2) is 0 Å². The molecule has 0 heterocycles. The number of halogens is 1. The molecule has 0 radical (unpaired) electrons. The predicted octanol–water partition coefficient (Wildman–Crippen LogP) is 3.48. The van der Waals surface area contributed by atoms with Crippen LogP contribution in [0.2, 0.25) is 0 Å². The summed E-state index contributed by atoms with van der Waals surface area (Å²) in [6.07, 6.45) is -0.517. The molecule has 2 rings (SSSR count). The lowest BCUT2D eigenvalue weighted by Crippen LogP contribution is -2.31. The highest BCUT2D eigenvalue weighted by Crippen LogP contribution is 2.17. The summed E-state index contributed by atoms with van der Waals surface area (Å²) < 4.78 is 18.1. The number of aryl methyl sites for hydroxylation is 2. The van der Waals surface area contributed by atoms with Gasteiger partial charge in [-0.3, -0.25) is 9.59 Å². The summed E-state index contributed by atoms with van der Waals surface area (Å²) in [4.78, 5) is 23.9. The zero-order valence-electron chi connectivity index (χ0n) is 13.9. The molecule has 126 valence electrons. The van der Waals surface area contributed by atoms with E-state index in [0.717, 1.165) is 11.1 Å². The second-order valence-electron chi connectivity index (χ2n) is 5.67. The number of ether oxygens (including phenoxy) is 1. The molecule has 0 fully saturated rings. The lowest BCUT2D eigenvalue weighted by atomic mass is 10.1. The van der Waals surface area contributed by atoms with E-state index in [4.69, 9.17) is 4.74 Å². The molecule has 0 bridgehead atoms. The zero-order valence-corrected chi connectivity index (χ0v) is 13.9. The Morgan fingerprint density at radius 3 is 2.38 bits per heavy atom. The quantitative estimate of drug-likeness (QED) is 0.855. The van der Waals surface area contributed by atoms with E-state index in [-0.39, 0.29) is 18.3 Å². The smallest absolute Gasteiger partial charge is 0.326 e. The molecule has 0 aliphatic rings. The summed E-state index contributed by atoms with van der Waals surface area (Å²) in [5.74, 6) is -1.23. The number of carbonyl (C=O) groups is 2. The molecule has 4 nitrogen and oxygen atoms in total. The summed E-state index contributed by atoms with van der Waals surface area (Å²) in [5.41, 5.74) is 3.29. The van der Waals surface area contributed by atoms with E-state index in [2.05, 4.69) is 5.32 Å². The molecule has 1 N–H and O–H groups in total. The molecule has 2 aromatic rings. The van der Waals surface area contributed by atoms with Gasteiger partial charge >= 0.3 is 5.97 Å². The normalized spacial score (nSPS) is 11.7. The van der Waals surface area contributed by atoms with Crippen molar-refractivity contribution in [3.63, 3.8) is 0 Å². The molecular weight excluding hydrogens is 309 g/mol. The van der Waals surface area contributed by atoms with Crippen LogP contribution >= 0.6 is 0 Å². The number of carbonyl (C=O) groups excluding carboxylic acids is 2. The van der Waals surface area contributed by atoms with E-state index in [9.17, 15) is 14.0 Å². The van der Waals surface area contributed by atoms with Gasteiger partial charge < -0.3 is 10.1 Å². The van der Waals surface area contributed by atoms with Gasteiger partial charge in [0, 0.05) is 5.56 Å². The van der Waals surface area contributed by atoms with Crippen molar-refractivity contribution in [3.8, 4) is 0 Å². The summed E-state index contributed by atoms with van der Waals surface area (Å²) in [6.45, 7) is 5.35. The lowest BCUT2D eigenvalue weighted by molar-refractivity contribution is -0.147. The van der Waals surface area contributed by atoms with Crippen LogP contribution in [0.25, 0.3) is 0 Å². The maximum Gasteiger partial charge on any atom is 0.326 e. The van der Waals surface area contributed by atoms with E-state index in [0.29, 0.717) is 11.1 Å². The number of rotatable bonds is 5. The summed E-state index contributed by atoms with van der Waals surface area (Å²) >= 11 is 0. The minimum absolute atomic E-state index is 0.225. The molecule has 0 saturated carbocycles. The van der Waals surface area contributed by atoms with Crippen LogP contribution in [-0.4, -0.2) is 18.4 Å². The fraction of sp³-hybridized carbons (Fsp3) is 0.263. The Kier molecular flexibility index (Phi) is 5.68. The zero-order chi connectivity index (χ0) is 17.7. The molecule has 0 aliphatic carbocycles. The number of esters is 1. The van der Waals surface area contributed by atoms with Gasteiger partial charge in [0.2, 0.25) is 0 Å². The molecule has 5 heteroatoms. The number of benzene rings is 2. The third-order valence-electron chi connectivity index (χ3n) is 3.81. The molecule has 0 saturated heterocycles. The number of nitrogens with one attached hydrogen (secondary N) is 1. The van der Waals surface area contributed by atoms with Gasteiger partial charge in [-0.15, -0.1) is 0 Å². The molecule has 0 unspecified atom stereocenters. The average molecular weight is 329 g/mol. The van der Waals surface area contributed by atoms with Crippen LogP contribution in [0.4, 0.5) is 4.39 Å². The highest BCUT2D eigenvalue weighted by atomic mass is 19.1. The van der Waals surface area contributed by atoms with Crippen molar-refractivity contribution in [3.05, 3.63) is 70.5 Å². The standard InChI is InChI=1S/C19H20FNO3/c1-12-4-5-16(10-13(12)2)19(23)21-11-18(22)24-14(3)15-6-8-17(20)9-7-15/h4-10,14H,11H2,1-3H3,(H,21,23)/t14-/m1/s1. The largest absolute Gasteiger partial charge is 0.456 e. The Morgan fingerprint density at radius 2 is 1.75 bits per heavy atom. The first kappa shape index (κ1) is 17.7. The van der Waals surface area contributed by atoms with Crippen molar-refractivity contribution in [2.45, 2.75) is 26.9 Å². The first-order chi connectivity index (χ1) is 11.4. The highest BCUT2D eigenvalue weighted by Gasteiger charge is 2.14. The Hall–Kier alpha value is -2.69. The second-order valence-corrected chi connectivity index (χ2v) is 5.67. The molecule has 0 aromatic heterocycles. The van der Waals surface area contributed by atoms with Gasteiger partial charge in [0.25, 0.3) is 5.91 Å². The minimum Gasteiger partial charge on any atom is -0.456 e. The first-order valence-corrected chi connectivity index (χ1v) is 7.67. The maximum atomic E-state index is 12.9. The topological polar surface area (TPSA) is 55.4 Å². The maximum absolute atomic E-state index is 12.9. The fourth-order valence-electron chi connectivity index (χ4n) is 2.18. The first-order valence-electron chi connectivity index (χ1n) is 7.67. The number of amides is 1. The van der Waals surface area contributed by atoms with E-state index < -0.39 is 12.1 Å². The molecule has 2 aromatic carbocycles. The summed E-state index contributed by atoms with van der Waals surface area (Å²) in [5, 5.41) is 2.54. The number of hydrogen-bond acceptors (Lipinski definition) is 3. The molecular formula is C19H20FNO3. The molecule has 1 amide bonds. The Morgan fingerprint density at radius 1 is 1.08 bits per heavy atom. The van der Waals surface area contributed by atoms with Crippen LogP contribution < -0.4 is 5.32 Å². The van der Waals surface area contributed by atoms with Crippen molar-refractivity contribution >= 4 is 11.9 Å². The van der Waals surface area contributed by atoms with Gasteiger partial charge in [-0.25, -0.2) is 4.39 Å². The Bertz CT molecular complexity index is 741. The van der Waals surface area contributed by atoms with Gasteiger partial charge in [-0.05, 0) is 61.7 Å². The Balaban J connectivity index is 1.87. The molecule has 0 spiro atoms. The lowest BCUT2D eigenvalue weighted by Gasteiger charge is -2.14. The number of hydrogen-bond donors (Lipinski definition) is 1. The van der Waals surface area contributed by atoms with Crippen molar-refractivity contribution in [2.75, 3.05) is 6.54 Å². The third-order valence-corrected chi connectivity index (χ3v) is 3.81. The van der Waals surface area contributed by atoms with Crippen molar-refractivity contribution in [1.29, 1.82) is 0 Å². The second kappa shape index (κ2) is 7.73. The van der Waals surface area contributed by atoms with Crippen molar-refractivity contribution in [2.24, 2.45) is 0 Å². The van der Waals surface area contributed by atoms with Gasteiger partial charge in [-0.1, -0.05) is 18.2 Å². The molecule has 1 atom stereocenters. The summed E-state index contributed by atoms with van der Waals surface area (Å²) in [6, 6.07) is 11.1. The van der Waals surface area contributed by atoms with Crippen LogP contribution in [-0.2, 0) is 9.53 Å². The van der Waals surface area contributed by atoms with Gasteiger partial charge in [0.1, 0.15) is 18.5 Å². The fourth-order valence-corrected chi connectivity index (χ4v) is 2.18. The van der Waals surface area contributed by atoms with Gasteiger partial charge in [0.05, 0.1) is 0 Å². The average Bonchev–Trinajstić information content (AvgIpc) is 2.55. The highest BCUT2D eigenvalue weighted by molar-refractivity contribution is 5.96. The molecule has 0 aliphatic heterocycles. The summed E-state index contributed by atoms with van der Waals surface area (Å²) in [7, 11) is 0. The van der Waals surface area contributed by atoms with Crippen LogP contribution in [0.1, 0.15) is 40.1 Å². The van der Waals surface area contributed by atoms with Gasteiger partial charge in [-0.2, -0.15) is 0 Å². The minimum atomic E-state index is -0.552. The van der Waals surface area contributed by atoms with Crippen LogP contribution in [0.3, 0.4) is 0 Å². The predicted molar refractivity (Wildman–Crippen MR) is 89.2 cm³/mol. The van der Waals surface area contributed by atoms with Crippen LogP contribution in [0.5, 0.6) is 0 Å². The third kappa shape index (κ3) is 4.65. The van der Waals surface area contributed by atoms with E-state index in [1.807, 2.05) is 19.9 Å². The van der Waals surface area contributed by atoms with E-state index >= 15 is 0 Å². The van der Waals surface area contributed by atoms with Crippen molar-refractivity contribution < 1.29 is 18.7 Å². The SMILES string of the molecule is Cc1ccc(C(=O)NCC(=O)O[C@H](C)c2ccc(F)cc2)cc1C. The van der Waals surface area contributed by atoms with Crippen LogP contribution in [0.15, 0.2) is 42.5 Å².